The fourth-order valence-electron chi connectivity index (χ4n) is 3.61. The lowest BCUT2D eigenvalue weighted by atomic mass is 9.97. The Labute approximate surface area is 151 Å². The third-order valence-electron chi connectivity index (χ3n) is 5.40. The maximum absolute atomic E-state index is 12.6. The molecular weight excluding hydrogens is 334 g/mol. The SMILES string of the molecule is C[C@H](C(=O)NC1CC1)N1CC[C@@]2(CCC1=O)NC(=O)c1cccnc1N2. The van der Waals surface area contributed by atoms with E-state index in [1.54, 1.807) is 30.2 Å². The summed E-state index contributed by atoms with van der Waals surface area (Å²) in [7, 11) is 0. The number of carbonyl (C=O) groups is 3. The molecule has 138 valence electrons. The summed E-state index contributed by atoms with van der Waals surface area (Å²) in [5.41, 5.74) is -0.210. The molecule has 26 heavy (non-hydrogen) atoms. The summed E-state index contributed by atoms with van der Waals surface area (Å²) in [5, 5.41) is 9.28. The van der Waals surface area contributed by atoms with Gasteiger partial charge in [-0.2, -0.15) is 0 Å². The van der Waals surface area contributed by atoms with Crippen LogP contribution in [0.2, 0.25) is 0 Å². The Morgan fingerprint density at radius 2 is 2.15 bits per heavy atom. The number of nitrogens with zero attached hydrogens (tertiary/aromatic N) is 2. The fourth-order valence-corrected chi connectivity index (χ4v) is 3.61. The molecule has 3 aliphatic rings. The second kappa shape index (κ2) is 6.26. The lowest BCUT2D eigenvalue weighted by Crippen LogP contribution is -2.58. The van der Waals surface area contributed by atoms with Gasteiger partial charge in [-0.25, -0.2) is 4.98 Å². The molecule has 1 saturated heterocycles. The highest BCUT2D eigenvalue weighted by molar-refractivity contribution is 6.01. The molecule has 2 atom stereocenters. The van der Waals surface area contributed by atoms with Gasteiger partial charge in [-0.05, 0) is 38.3 Å². The predicted octanol–water partition coefficient (Wildman–Crippen LogP) is 0.613. The topological polar surface area (TPSA) is 103 Å². The molecule has 8 heteroatoms. The number of likely N-dealkylation sites (tertiary alicyclic amines) is 1. The van der Waals surface area contributed by atoms with Gasteiger partial charge in [0.2, 0.25) is 11.8 Å². The summed E-state index contributed by atoms with van der Waals surface area (Å²) < 4.78 is 0. The number of rotatable bonds is 3. The van der Waals surface area contributed by atoms with E-state index >= 15 is 0 Å². The minimum atomic E-state index is -0.713. The van der Waals surface area contributed by atoms with E-state index < -0.39 is 11.7 Å². The van der Waals surface area contributed by atoms with Gasteiger partial charge >= 0.3 is 0 Å². The molecule has 4 rings (SSSR count). The summed E-state index contributed by atoms with van der Waals surface area (Å²) in [6.45, 7) is 2.16. The molecule has 2 fully saturated rings. The zero-order chi connectivity index (χ0) is 18.3. The third-order valence-corrected chi connectivity index (χ3v) is 5.40. The number of hydrogen-bond donors (Lipinski definition) is 3. The monoisotopic (exact) mass is 357 g/mol. The zero-order valence-corrected chi connectivity index (χ0v) is 14.7. The molecule has 2 aliphatic heterocycles. The molecule has 3 amide bonds. The van der Waals surface area contributed by atoms with Crippen molar-refractivity contribution < 1.29 is 14.4 Å². The van der Waals surface area contributed by atoms with Crippen molar-refractivity contribution in [1.29, 1.82) is 0 Å². The first-order valence-electron chi connectivity index (χ1n) is 9.13. The lowest BCUT2D eigenvalue weighted by molar-refractivity contribution is -0.139. The number of hydrogen-bond acceptors (Lipinski definition) is 5. The van der Waals surface area contributed by atoms with E-state index in [0.29, 0.717) is 30.8 Å². The van der Waals surface area contributed by atoms with Crippen molar-refractivity contribution in [3.63, 3.8) is 0 Å². The summed E-state index contributed by atoms with van der Waals surface area (Å²) in [4.78, 5) is 43.3. The van der Waals surface area contributed by atoms with Gasteiger partial charge in [-0.3, -0.25) is 14.4 Å². The van der Waals surface area contributed by atoms with Gasteiger partial charge in [-0.1, -0.05) is 0 Å². The maximum Gasteiger partial charge on any atom is 0.256 e. The van der Waals surface area contributed by atoms with E-state index in [-0.39, 0.29) is 30.2 Å². The summed E-state index contributed by atoms with van der Waals surface area (Å²) in [5.74, 6) is 0.177. The quantitative estimate of drug-likeness (QED) is 0.736. The summed E-state index contributed by atoms with van der Waals surface area (Å²) >= 11 is 0. The number of amides is 3. The molecule has 0 aromatic carbocycles. The number of fused-ring (bicyclic) bond motifs is 1. The lowest BCUT2D eigenvalue weighted by Gasteiger charge is -2.39. The smallest absolute Gasteiger partial charge is 0.256 e. The molecule has 0 radical (unpaired) electrons. The zero-order valence-electron chi connectivity index (χ0n) is 14.7. The Hall–Kier alpha value is -2.64. The van der Waals surface area contributed by atoms with Crippen LogP contribution < -0.4 is 16.0 Å². The Bertz CT molecular complexity index is 763. The Morgan fingerprint density at radius 1 is 1.35 bits per heavy atom. The van der Waals surface area contributed by atoms with E-state index in [0.717, 1.165) is 12.8 Å². The summed E-state index contributed by atoms with van der Waals surface area (Å²) in [6.07, 6.45) is 4.89. The highest BCUT2D eigenvalue weighted by Crippen LogP contribution is 2.31. The molecule has 0 bridgehead atoms. The van der Waals surface area contributed by atoms with Crippen LogP contribution in [0.1, 0.15) is 49.4 Å². The minimum absolute atomic E-state index is 0.0665. The van der Waals surface area contributed by atoms with Gasteiger partial charge in [0.05, 0.1) is 5.56 Å². The number of carbonyl (C=O) groups excluding carboxylic acids is 3. The Balaban J connectivity index is 1.49. The van der Waals surface area contributed by atoms with Crippen LogP contribution in [0.15, 0.2) is 18.3 Å². The Kier molecular flexibility index (Phi) is 4.05. The molecule has 1 aromatic rings. The Morgan fingerprint density at radius 3 is 2.92 bits per heavy atom. The molecule has 1 aromatic heterocycles. The second-order valence-electron chi connectivity index (χ2n) is 7.36. The molecule has 1 aliphatic carbocycles. The largest absolute Gasteiger partial charge is 0.352 e. The fraction of sp³-hybridized carbons (Fsp3) is 0.556. The number of nitrogens with one attached hydrogen (secondary N) is 3. The minimum Gasteiger partial charge on any atom is -0.352 e. The highest BCUT2D eigenvalue weighted by Gasteiger charge is 2.42. The van der Waals surface area contributed by atoms with Crippen molar-refractivity contribution in [3.8, 4) is 0 Å². The van der Waals surface area contributed by atoms with Gasteiger partial charge in [0, 0.05) is 31.6 Å². The van der Waals surface area contributed by atoms with E-state index in [9.17, 15) is 14.4 Å². The van der Waals surface area contributed by atoms with Gasteiger partial charge in [-0.15, -0.1) is 0 Å². The van der Waals surface area contributed by atoms with Gasteiger partial charge < -0.3 is 20.9 Å². The molecule has 3 heterocycles. The van der Waals surface area contributed by atoms with Crippen LogP contribution in [-0.4, -0.2) is 51.9 Å². The average Bonchev–Trinajstić information content (AvgIpc) is 3.44. The molecule has 8 nitrogen and oxygen atoms in total. The molecule has 0 unspecified atom stereocenters. The van der Waals surface area contributed by atoms with Gasteiger partial charge in [0.15, 0.2) is 0 Å². The first-order chi connectivity index (χ1) is 12.5. The predicted molar refractivity (Wildman–Crippen MR) is 94.2 cm³/mol. The van der Waals surface area contributed by atoms with Crippen LogP contribution in [0.5, 0.6) is 0 Å². The van der Waals surface area contributed by atoms with Crippen LogP contribution in [-0.2, 0) is 9.59 Å². The van der Waals surface area contributed by atoms with Crippen LogP contribution in [0.4, 0.5) is 5.82 Å². The van der Waals surface area contributed by atoms with E-state index in [1.165, 1.54) is 0 Å². The number of anilines is 1. The molecular formula is C18H23N5O3. The number of pyridine rings is 1. The molecule has 1 saturated carbocycles. The average molecular weight is 357 g/mol. The third kappa shape index (κ3) is 3.11. The number of aromatic nitrogens is 1. The van der Waals surface area contributed by atoms with Crippen LogP contribution >= 0.6 is 0 Å². The van der Waals surface area contributed by atoms with Crippen LogP contribution in [0, 0.1) is 0 Å². The van der Waals surface area contributed by atoms with Crippen molar-refractivity contribution in [2.24, 2.45) is 0 Å². The van der Waals surface area contributed by atoms with Crippen LogP contribution in [0.25, 0.3) is 0 Å². The van der Waals surface area contributed by atoms with Gasteiger partial charge in [0.1, 0.15) is 17.5 Å². The van der Waals surface area contributed by atoms with E-state index in [2.05, 4.69) is 20.9 Å². The first kappa shape index (κ1) is 16.8. The summed E-state index contributed by atoms with van der Waals surface area (Å²) in [6, 6.07) is 3.19. The van der Waals surface area contributed by atoms with E-state index in [1.807, 2.05) is 0 Å². The van der Waals surface area contributed by atoms with Crippen molar-refractivity contribution >= 4 is 23.5 Å². The van der Waals surface area contributed by atoms with Crippen LogP contribution in [0.3, 0.4) is 0 Å². The highest BCUT2D eigenvalue weighted by atomic mass is 16.2. The van der Waals surface area contributed by atoms with Crippen molar-refractivity contribution in [2.45, 2.75) is 56.8 Å². The van der Waals surface area contributed by atoms with Crippen molar-refractivity contribution in [1.82, 2.24) is 20.5 Å². The van der Waals surface area contributed by atoms with Crippen molar-refractivity contribution in [2.75, 3.05) is 11.9 Å². The van der Waals surface area contributed by atoms with E-state index in [4.69, 9.17) is 0 Å². The molecule has 3 N–H and O–H groups in total. The maximum atomic E-state index is 12.6. The standard InChI is InChI=1S/C18H23N5O3/c1-11(16(25)20-12-4-5-12)23-10-8-18(7-6-14(23)24)21-15-13(17(26)22-18)3-2-9-19-15/h2-3,9,11-12H,4-8,10H2,1H3,(H,19,21)(H,20,25)(H,22,26)/t11-,18-/m1/s1. The van der Waals surface area contributed by atoms with Gasteiger partial charge in [0.25, 0.3) is 5.91 Å². The first-order valence-corrected chi connectivity index (χ1v) is 9.13. The second-order valence-corrected chi connectivity index (χ2v) is 7.36. The van der Waals surface area contributed by atoms with Crippen molar-refractivity contribution in [3.05, 3.63) is 23.9 Å². The molecule has 1 spiro atoms. The normalized spacial score (nSPS) is 26.4.